The molecule has 29 heavy (non-hydrogen) atoms. The lowest BCUT2D eigenvalue weighted by Crippen LogP contribution is -2.45. The van der Waals surface area contributed by atoms with Gasteiger partial charge in [0.25, 0.3) is 5.91 Å². The molecule has 0 saturated heterocycles. The third-order valence-electron chi connectivity index (χ3n) is 5.39. The summed E-state index contributed by atoms with van der Waals surface area (Å²) in [6.07, 6.45) is 3.19. The molecule has 1 aliphatic rings. The summed E-state index contributed by atoms with van der Waals surface area (Å²) in [6, 6.07) is 14.4. The zero-order valence-corrected chi connectivity index (χ0v) is 17.9. The van der Waals surface area contributed by atoms with E-state index in [0.717, 1.165) is 19.3 Å². The summed E-state index contributed by atoms with van der Waals surface area (Å²) in [4.78, 5) is 12.8. The summed E-state index contributed by atoms with van der Waals surface area (Å²) in [6.45, 7) is 4.00. The molecule has 7 heteroatoms. The SMILES string of the molecule is COc1ccc(C(=O)NCC2(c3ccccc3)CCC2)cc1S(=O)(=O)NC(C)C. The quantitative estimate of drug-likeness (QED) is 0.692. The number of ether oxygens (including phenoxy) is 1. The molecule has 1 aliphatic carbocycles. The van der Waals surface area contributed by atoms with Crippen LogP contribution in [-0.4, -0.2) is 34.0 Å². The molecule has 0 bridgehead atoms. The van der Waals surface area contributed by atoms with Crippen molar-refractivity contribution in [1.29, 1.82) is 0 Å². The van der Waals surface area contributed by atoms with Crippen molar-refractivity contribution in [3.8, 4) is 5.75 Å². The van der Waals surface area contributed by atoms with Crippen LogP contribution in [0.3, 0.4) is 0 Å². The molecule has 156 valence electrons. The highest BCUT2D eigenvalue weighted by atomic mass is 32.2. The molecule has 0 unspecified atom stereocenters. The molecule has 1 amide bonds. The maximum Gasteiger partial charge on any atom is 0.251 e. The Morgan fingerprint density at radius 3 is 2.38 bits per heavy atom. The number of hydrogen-bond donors (Lipinski definition) is 2. The zero-order chi connectivity index (χ0) is 21.1. The van der Waals surface area contributed by atoms with E-state index in [1.165, 1.54) is 24.8 Å². The number of carbonyl (C=O) groups excluding carboxylic acids is 1. The molecule has 1 fully saturated rings. The molecule has 0 aliphatic heterocycles. The fourth-order valence-electron chi connectivity index (χ4n) is 3.72. The zero-order valence-electron chi connectivity index (χ0n) is 17.1. The number of methoxy groups -OCH3 is 1. The van der Waals surface area contributed by atoms with Gasteiger partial charge in [-0.1, -0.05) is 36.8 Å². The minimum atomic E-state index is -3.79. The lowest BCUT2D eigenvalue weighted by atomic mass is 9.64. The molecule has 0 atom stereocenters. The molecule has 0 radical (unpaired) electrons. The van der Waals surface area contributed by atoms with Crippen LogP contribution in [0, 0.1) is 0 Å². The van der Waals surface area contributed by atoms with Crippen LogP contribution < -0.4 is 14.8 Å². The van der Waals surface area contributed by atoms with E-state index in [-0.39, 0.29) is 33.6 Å². The van der Waals surface area contributed by atoms with E-state index >= 15 is 0 Å². The Labute approximate surface area is 172 Å². The van der Waals surface area contributed by atoms with Gasteiger partial charge in [0.15, 0.2) is 0 Å². The number of rotatable bonds is 8. The minimum Gasteiger partial charge on any atom is -0.495 e. The molecule has 0 spiro atoms. The topological polar surface area (TPSA) is 84.5 Å². The van der Waals surface area contributed by atoms with Gasteiger partial charge in [0.05, 0.1) is 7.11 Å². The molecule has 2 N–H and O–H groups in total. The Balaban J connectivity index is 1.80. The Morgan fingerprint density at radius 1 is 1.14 bits per heavy atom. The third kappa shape index (κ3) is 4.62. The summed E-state index contributed by atoms with van der Waals surface area (Å²) in [5.74, 6) is -0.0923. The van der Waals surface area contributed by atoms with Crippen LogP contribution in [0.2, 0.25) is 0 Å². The molecule has 2 aromatic carbocycles. The predicted molar refractivity (Wildman–Crippen MR) is 113 cm³/mol. The van der Waals surface area contributed by atoms with Crippen LogP contribution >= 0.6 is 0 Å². The largest absolute Gasteiger partial charge is 0.495 e. The number of carbonyl (C=O) groups is 1. The van der Waals surface area contributed by atoms with Gasteiger partial charge in [-0.2, -0.15) is 0 Å². The standard InChI is InChI=1S/C22H28N2O4S/c1-16(2)24-29(26,27)20-14-17(10-11-19(20)28-3)21(25)23-15-22(12-7-13-22)18-8-5-4-6-9-18/h4-6,8-11,14,16,24H,7,12-13,15H2,1-3H3,(H,23,25). The van der Waals surface area contributed by atoms with Gasteiger partial charge in [-0.15, -0.1) is 0 Å². The Kier molecular flexibility index (Phi) is 6.29. The molecule has 2 aromatic rings. The monoisotopic (exact) mass is 416 g/mol. The third-order valence-corrected chi connectivity index (χ3v) is 7.07. The summed E-state index contributed by atoms with van der Waals surface area (Å²) < 4.78 is 33.0. The molecular weight excluding hydrogens is 388 g/mol. The summed E-state index contributed by atoms with van der Waals surface area (Å²) in [5, 5.41) is 3.00. The number of amides is 1. The first-order valence-electron chi connectivity index (χ1n) is 9.81. The van der Waals surface area contributed by atoms with E-state index in [1.54, 1.807) is 19.9 Å². The van der Waals surface area contributed by atoms with Crippen molar-refractivity contribution in [2.24, 2.45) is 0 Å². The molecule has 1 saturated carbocycles. The number of hydrogen-bond acceptors (Lipinski definition) is 4. The molecule has 6 nitrogen and oxygen atoms in total. The van der Waals surface area contributed by atoms with Crippen LogP contribution in [0.1, 0.15) is 49.0 Å². The first-order valence-corrected chi connectivity index (χ1v) is 11.3. The summed E-state index contributed by atoms with van der Waals surface area (Å²) in [5.41, 5.74) is 1.47. The first-order chi connectivity index (χ1) is 13.8. The lowest BCUT2D eigenvalue weighted by molar-refractivity contribution is 0.0927. The van der Waals surface area contributed by atoms with Gasteiger partial charge < -0.3 is 10.1 Å². The smallest absolute Gasteiger partial charge is 0.251 e. The Bertz CT molecular complexity index is 968. The van der Waals surface area contributed by atoms with Crippen molar-refractivity contribution < 1.29 is 17.9 Å². The second-order valence-electron chi connectivity index (χ2n) is 7.82. The fraction of sp³-hybridized carbons (Fsp3) is 0.409. The van der Waals surface area contributed by atoms with Gasteiger partial charge >= 0.3 is 0 Å². The van der Waals surface area contributed by atoms with Crippen molar-refractivity contribution in [1.82, 2.24) is 10.0 Å². The maximum atomic E-state index is 12.8. The van der Waals surface area contributed by atoms with Crippen LogP contribution in [0.25, 0.3) is 0 Å². The Hall–Kier alpha value is -2.38. The highest BCUT2D eigenvalue weighted by molar-refractivity contribution is 7.89. The van der Waals surface area contributed by atoms with Crippen molar-refractivity contribution in [3.63, 3.8) is 0 Å². The van der Waals surface area contributed by atoms with Crippen molar-refractivity contribution in [2.75, 3.05) is 13.7 Å². The van der Waals surface area contributed by atoms with E-state index in [2.05, 4.69) is 22.2 Å². The van der Waals surface area contributed by atoms with E-state index in [1.807, 2.05) is 18.2 Å². The Morgan fingerprint density at radius 2 is 1.83 bits per heavy atom. The van der Waals surface area contributed by atoms with Crippen molar-refractivity contribution >= 4 is 15.9 Å². The van der Waals surface area contributed by atoms with Gasteiger partial charge in [-0.3, -0.25) is 4.79 Å². The molecule has 0 heterocycles. The van der Waals surface area contributed by atoms with Crippen LogP contribution in [0.15, 0.2) is 53.4 Å². The van der Waals surface area contributed by atoms with Crippen LogP contribution in [-0.2, 0) is 15.4 Å². The molecular formula is C22H28N2O4S. The first kappa shape index (κ1) is 21.3. The van der Waals surface area contributed by atoms with Crippen LogP contribution in [0.4, 0.5) is 0 Å². The van der Waals surface area contributed by atoms with Gasteiger partial charge in [0.1, 0.15) is 10.6 Å². The van der Waals surface area contributed by atoms with E-state index < -0.39 is 10.0 Å². The molecule has 0 aromatic heterocycles. The van der Waals surface area contributed by atoms with Gasteiger partial charge in [-0.25, -0.2) is 13.1 Å². The normalized spacial score (nSPS) is 15.6. The van der Waals surface area contributed by atoms with E-state index in [4.69, 9.17) is 4.74 Å². The number of nitrogens with one attached hydrogen (secondary N) is 2. The highest BCUT2D eigenvalue weighted by Gasteiger charge is 2.38. The predicted octanol–water partition coefficient (Wildman–Crippen LogP) is 3.23. The van der Waals surface area contributed by atoms with Crippen molar-refractivity contribution in [3.05, 3.63) is 59.7 Å². The summed E-state index contributed by atoms with van der Waals surface area (Å²) in [7, 11) is -2.39. The number of sulfonamides is 1. The lowest BCUT2D eigenvalue weighted by Gasteiger charge is -2.42. The van der Waals surface area contributed by atoms with Gasteiger partial charge in [0, 0.05) is 23.6 Å². The summed E-state index contributed by atoms with van der Waals surface area (Å²) >= 11 is 0. The average Bonchev–Trinajstić information content (AvgIpc) is 2.66. The van der Waals surface area contributed by atoms with Gasteiger partial charge in [-0.05, 0) is 50.5 Å². The van der Waals surface area contributed by atoms with E-state index in [0.29, 0.717) is 6.54 Å². The number of benzene rings is 2. The average molecular weight is 417 g/mol. The fourth-order valence-corrected chi connectivity index (χ4v) is 5.16. The van der Waals surface area contributed by atoms with E-state index in [9.17, 15) is 13.2 Å². The second kappa shape index (κ2) is 8.55. The highest BCUT2D eigenvalue weighted by Crippen LogP contribution is 2.43. The maximum absolute atomic E-state index is 12.8. The van der Waals surface area contributed by atoms with Crippen molar-refractivity contribution in [2.45, 2.75) is 49.5 Å². The second-order valence-corrected chi connectivity index (χ2v) is 9.51. The van der Waals surface area contributed by atoms with Crippen LogP contribution in [0.5, 0.6) is 5.75 Å². The minimum absolute atomic E-state index is 0.0391. The van der Waals surface area contributed by atoms with Gasteiger partial charge in [0.2, 0.25) is 10.0 Å². The molecule has 3 rings (SSSR count).